The highest BCUT2D eigenvalue weighted by molar-refractivity contribution is 5.59. The van der Waals surface area contributed by atoms with Crippen LogP contribution in [0.15, 0.2) is 18.2 Å². The van der Waals surface area contributed by atoms with Crippen LogP contribution >= 0.6 is 0 Å². The van der Waals surface area contributed by atoms with Gasteiger partial charge in [-0.15, -0.1) is 0 Å². The van der Waals surface area contributed by atoms with E-state index < -0.39 is 4.92 Å². The number of benzene rings is 1. The van der Waals surface area contributed by atoms with E-state index >= 15 is 0 Å². The van der Waals surface area contributed by atoms with Crippen LogP contribution in [0, 0.1) is 10.1 Å². The van der Waals surface area contributed by atoms with Crippen LogP contribution in [0.1, 0.15) is 25.3 Å². The number of nitrogens with two attached hydrogens (primary N) is 1. The maximum Gasteiger partial charge on any atom is 0.292 e. The van der Waals surface area contributed by atoms with E-state index in [1.165, 1.54) is 19.4 Å². The van der Waals surface area contributed by atoms with E-state index in [9.17, 15) is 10.1 Å². The number of nitrogens with zero attached hydrogens (tertiary/aromatic N) is 3. The molecular formula is C15H24N4O2. The highest BCUT2D eigenvalue weighted by Gasteiger charge is 2.24. The Bertz CT molecular complexity index is 506. The number of nitrogen functional groups attached to an aromatic ring is 1. The highest BCUT2D eigenvalue weighted by atomic mass is 16.6. The number of rotatable bonds is 6. The van der Waals surface area contributed by atoms with E-state index in [1.807, 2.05) is 6.07 Å². The van der Waals surface area contributed by atoms with Gasteiger partial charge in [0.05, 0.1) is 4.92 Å². The Morgan fingerprint density at radius 2 is 2.29 bits per heavy atom. The predicted octanol–water partition coefficient (Wildman–Crippen LogP) is 2.09. The SMILES string of the molecule is CCN1CCCC1CN(C)Cc1ccc(N)c([N+](=O)[O-])c1. The zero-order chi connectivity index (χ0) is 15.4. The van der Waals surface area contributed by atoms with E-state index in [4.69, 9.17) is 5.73 Å². The molecule has 2 rings (SSSR count). The van der Waals surface area contributed by atoms with Crippen LogP contribution in [-0.4, -0.2) is 47.4 Å². The van der Waals surface area contributed by atoms with Crippen molar-refractivity contribution in [2.45, 2.75) is 32.4 Å². The third-order valence-corrected chi connectivity index (χ3v) is 4.17. The van der Waals surface area contributed by atoms with Gasteiger partial charge in [-0.3, -0.25) is 15.0 Å². The van der Waals surface area contributed by atoms with Crippen molar-refractivity contribution in [1.82, 2.24) is 9.80 Å². The summed E-state index contributed by atoms with van der Waals surface area (Å²) in [5, 5.41) is 10.9. The van der Waals surface area contributed by atoms with Crippen molar-refractivity contribution in [2.24, 2.45) is 0 Å². The average Bonchev–Trinajstić information content (AvgIpc) is 2.87. The van der Waals surface area contributed by atoms with Crippen molar-refractivity contribution in [3.8, 4) is 0 Å². The molecule has 0 radical (unpaired) electrons. The predicted molar refractivity (Wildman–Crippen MR) is 84.1 cm³/mol. The lowest BCUT2D eigenvalue weighted by molar-refractivity contribution is -0.384. The van der Waals surface area contributed by atoms with Gasteiger partial charge in [0, 0.05) is 25.2 Å². The summed E-state index contributed by atoms with van der Waals surface area (Å²) in [5.74, 6) is 0. The molecule has 0 aliphatic carbocycles. The number of likely N-dealkylation sites (N-methyl/N-ethyl adjacent to an activating group) is 2. The molecule has 0 spiro atoms. The summed E-state index contributed by atoms with van der Waals surface area (Å²) in [6.07, 6.45) is 2.50. The summed E-state index contributed by atoms with van der Waals surface area (Å²) in [4.78, 5) is 15.2. The number of hydrogen-bond donors (Lipinski definition) is 1. The Morgan fingerprint density at radius 1 is 1.52 bits per heavy atom. The molecule has 1 atom stereocenters. The first-order valence-corrected chi connectivity index (χ1v) is 7.46. The third kappa shape index (κ3) is 3.92. The molecule has 0 saturated carbocycles. The Kier molecular flexibility index (Phi) is 5.14. The molecule has 1 aromatic carbocycles. The van der Waals surface area contributed by atoms with E-state index in [-0.39, 0.29) is 11.4 Å². The number of nitro groups is 1. The van der Waals surface area contributed by atoms with Crippen LogP contribution in [0.3, 0.4) is 0 Å². The van der Waals surface area contributed by atoms with Crippen LogP contribution in [0.4, 0.5) is 11.4 Å². The zero-order valence-electron chi connectivity index (χ0n) is 12.8. The van der Waals surface area contributed by atoms with Gasteiger partial charge >= 0.3 is 0 Å². The summed E-state index contributed by atoms with van der Waals surface area (Å²) < 4.78 is 0. The largest absolute Gasteiger partial charge is 0.393 e. The minimum absolute atomic E-state index is 0.00282. The van der Waals surface area contributed by atoms with Crippen LogP contribution in [-0.2, 0) is 6.54 Å². The van der Waals surface area contributed by atoms with Crippen LogP contribution in [0.5, 0.6) is 0 Å². The standard InChI is InChI=1S/C15H24N4O2/c1-3-18-8-4-5-13(18)11-17(2)10-12-6-7-14(16)15(9-12)19(20)21/h6-7,9,13H,3-5,8,10-11,16H2,1-2H3. The summed E-state index contributed by atoms with van der Waals surface area (Å²) in [7, 11) is 2.06. The van der Waals surface area contributed by atoms with Gasteiger partial charge in [0.25, 0.3) is 5.69 Å². The zero-order valence-corrected chi connectivity index (χ0v) is 12.8. The molecule has 1 aromatic rings. The summed E-state index contributed by atoms with van der Waals surface area (Å²) in [5.41, 5.74) is 6.78. The molecule has 1 fully saturated rings. The summed E-state index contributed by atoms with van der Waals surface area (Å²) >= 11 is 0. The lowest BCUT2D eigenvalue weighted by Gasteiger charge is -2.27. The molecular weight excluding hydrogens is 268 g/mol. The first kappa shape index (κ1) is 15.7. The Hall–Kier alpha value is -1.66. The van der Waals surface area contributed by atoms with E-state index in [2.05, 4.69) is 23.8 Å². The van der Waals surface area contributed by atoms with Crippen molar-refractivity contribution in [3.05, 3.63) is 33.9 Å². The Labute approximate surface area is 125 Å². The number of hydrogen-bond acceptors (Lipinski definition) is 5. The molecule has 0 bridgehead atoms. The van der Waals surface area contributed by atoms with Crippen molar-refractivity contribution in [2.75, 3.05) is 32.4 Å². The quantitative estimate of drug-likeness (QED) is 0.493. The molecule has 6 heteroatoms. The number of anilines is 1. The molecule has 2 N–H and O–H groups in total. The number of likely N-dealkylation sites (tertiary alicyclic amines) is 1. The second-order valence-corrected chi connectivity index (χ2v) is 5.77. The number of nitro benzene ring substituents is 1. The van der Waals surface area contributed by atoms with Crippen LogP contribution in [0.25, 0.3) is 0 Å². The van der Waals surface area contributed by atoms with Gasteiger partial charge in [-0.05, 0) is 44.6 Å². The summed E-state index contributed by atoms with van der Waals surface area (Å²) in [6.45, 7) is 6.16. The molecule has 1 aliphatic rings. The van der Waals surface area contributed by atoms with Gasteiger partial charge in [0.1, 0.15) is 5.69 Å². The van der Waals surface area contributed by atoms with E-state index in [1.54, 1.807) is 12.1 Å². The van der Waals surface area contributed by atoms with Crippen LogP contribution < -0.4 is 5.73 Å². The maximum atomic E-state index is 10.9. The molecule has 21 heavy (non-hydrogen) atoms. The first-order valence-electron chi connectivity index (χ1n) is 7.46. The second kappa shape index (κ2) is 6.87. The fourth-order valence-electron chi connectivity index (χ4n) is 3.10. The van der Waals surface area contributed by atoms with Gasteiger partial charge in [0.2, 0.25) is 0 Å². The third-order valence-electron chi connectivity index (χ3n) is 4.17. The fourth-order valence-corrected chi connectivity index (χ4v) is 3.10. The monoisotopic (exact) mass is 292 g/mol. The Balaban J connectivity index is 1.98. The first-order chi connectivity index (χ1) is 10.0. The second-order valence-electron chi connectivity index (χ2n) is 5.77. The average molecular weight is 292 g/mol. The molecule has 1 heterocycles. The lowest BCUT2D eigenvalue weighted by atomic mass is 10.1. The molecule has 6 nitrogen and oxygen atoms in total. The molecule has 0 amide bonds. The summed E-state index contributed by atoms with van der Waals surface area (Å²) in [6, 6.07) is 5.67. The van der Waals surface area contributed by atoms with Crippen molar-refractivity contribution in [3.63, 3.8) is 0 Å². The molecule has 1 unspecified atom stereocenters. The molecule has 1 aliphatic heterocycles. The van der Waals surface area contributed by atoms with Gasteiger partial charge < -0.3 is 10.6 Å². The lowest BCUT2D eigenvalue weighted by Crippen LogP contribution is -2.38. The van der Waals surface area contributed by atoms with E-state index in [0.717, 1.165) is 18.7 Å². The fraction of sp³-hybridized carbons (Fsp3) is 0.600. The molecule has 1 saturated heterocycles. The van der Waals surface area contributed by atoms with Crippen molar-refractivity contribution >= 4 is 11.4 Å². The van der Waals surface area contributed by atoms with Crippen molar-refractivity contribution < 1.29 is 4.92 Å². The van der Waals surface area contributed by atoms with Gasteiger partial charge in [-0.2, -0.15) is 0 Å². The minimum Gasteiger partial charge on any atom is -0.393 e. The maximum absolute atomic E-state index is 10.9. The highest BCUT2D eigenvalue weighted by Crippen LogP contribution is 2.23. The normalized spacial score (nSPS) is 19.3. The van der Waals surface area contributed by atoms with Gasteiger partial charge in [-0.1, -0.05) is 13.0 Å². The molecule has 116 valence electrons. The molecule has 0 aromatic heterocycles. The minimum atomic E-state index is -0.422. The van der Waals surface area contributed by atoms with Gasteiger partial charge in [-0.25, -0.2) is 0 Å². The topological polar surface area (TPSA) is 75.6 Å². The van der Waals surface area contributed by atoms with Crippen LogP contribution in [0.2, 0.25) is 0 Å². The van der Waals surface area contributed by atoms with E-state index in [0.29, 0.717) is 12.6 Å². The van der Waals surface area contributed by atoms with Crippen molar-refractivity contribution in [1.29, 1.82) is 0 Å². The smallest absolute Gasteiger partial charge is 0.292 e. The van der Waals surface area contributed by atoms with Gasteiger partial charge in [0.15, 0.2) is 0 Å². The Morgan fingerprint density at radius 3 is 2.95 bits per heavy atom.